The number of nitrogen functional groups attached to an aromatic ring is 1. The first-order valence-corrected chi connectivity index (χ1v) is 11.8. The Morgan fingerprint density at radius 2 is 2.06 bits per heavy atom. The molecule has 34 heavy (non-hydrogen) atoms. The van der Waals surface area contributed by atoms with Gasteiger partial charge < -0.3 is 30.2 Å². The number of phosphoric ester groups is 1. The van der Waals surface area contributed by atoms with E-state index in [1.807, 2.05) is 0 Å². The van der Waals surface area contributed by atoms with E-state index in [-0.39, 0.29) is 25.5 Å². The van der Waals surface area contributed by atoms with Crippen molar-refractivity contribution in [3.63, 3.8) is 0 Å². The second-order valence-corrected chi connectivity index (χ2v) is 9.66. The van der Waals surface area contributed by atoms with Crippen LogP contribution < -0.4 is 5.73 Å². The lowest BCUT2D eigenvalue weighted by atomic mass is 9.96. The lowest BCUT2D eigenvalue weighted by molar-refractivity contribution is -0.0565. The minimum Gasteiger partial charge on any atom is -0.390 e. The summed E-state index contributed by atoms with van der Waals surface area (Å²) in [6, 6.07) is 5.35. The van der Waals surface area contributed by atoms with Crippen LogP contribution in [0.2, 0.25) is 0 Å². The van der Waals surface area contributed by atoms with Crippen molar-refractivity contribution in [2.45, 2.75) is 42.5 Å². The molecular formula is C19H26N5O9P. The first-order chi connectivity index (χ1) is 16.3. The molecule has 0 saturated carbocycles. The molecule has 2 aromatic heterocycles. The summed E-state index contributed by atoms with van der Waals surface area (Å²) in [5.41, 5.74) is 5.13. The van der Waals surface area contributed by atoms with E-state index in [2.05, 4.69) is 16.2 Å². The fourth-order valence-electron chi connectivity index (χ4n) is 3.99. The van der Waals surface area contributed by atoms with E-state index in [0.717, 1.165) is 7.11 Å². The van der Waals surface area contributed by atoms with Gasteiger partial charge in [0.05, 0.1) is 31.6 Å². The largest absolute Gasteiger partial charge is 0.474 e. The number of rotatable bonds is 9. The Morgan fingerprint density at radius 3 is 2.71 bits per heavy atom. The Morgan fingerprint density at radius 1 is 1.32 bits per heavy atom. The highest BCUT2D eigenvalue weighted by atomic mass is 31.2. The van der Waals surface area contributed by atoms with Crippen LogP contribution in [0.5, 0.6) is 0 Å². The number of nitriles is 1. The van der Waals surface area contributed by atoms with Gasteiger partial charge in [0.25, 0.3) is 0 Å². The van der Waals surface area contributed by atoms with Crippen molar-refractivity contribution in [3.8, 4) is 6.07 Å². The van der Waals surface area contributed by atoms with Gasteiger partial charge in [-0.2, -0.15) is 10.4 Å². The van der Waals surface area contributed by atoms with Gasteiger partial charge in [0.15, 0.2) is 11.4 Å². The van der Waals surface area contributed by atoms with Crippen molar-refractivity contribution < 1.29 is 42.6 Å². The third-order valence-corrected chi connectivity index (χ3v) is 7.29. The molecule has 1 unspecified atom stereocenters. The van der Waals surface area contributed by atoms with Crippen LogP contribution in [0.15, 0.2) is 18.5 Å². The molecule has 0 radical (unpaired) electrons. The third-order valence-electron chi connectivity index (χ3n) is 5.91. The van der Waals surface area contributed by atoms with Gasteiger partial charge in [-0.15, -0.1) is 0 Å². The van der Waals surface area contributed by atoms with Crippen LogP contribution in [0, 0.1) is 11.3 Å². The normalized spacial score (nSPS) is 33.2. The minimum atomic E-state index is -4.09. The van der Waals surface area contributed by atoms with Crippen LogP contribution in [0.1, 0.15) is 12.1 Å². The number of ether oxygens (including phenoxy) is 3. The Kier molecular flexibility index (Phi) is 7.20. The SMILES string of the molecule is CO[C@H]1CO[C@H](COP(=O)(OC)OC[C@H]2O[C@@](C#N)(c3ccc4c(N)ncnn34)C[C@@H]2O)[C@H]1O. The smallest absolute Gasteiger partial charge is 0.390 e. The van der Waals surface area contributed by atoms with Gasteiger partial charge in [-0.1, -0.05) is 0 Å². The Hall–Kier alpha value is -2.18. The zero-order chi connectivity index (χ0) is 24.5. The average molecular weight is 499 g/mol. The van der Waals surface area contributed by atoms with Crippen LogP contribution in [0.25, 0.3) is 5.52 Å². The Labute approximate surface area is 194 Å². The molecule has 2 aliphatic heterocycles. The Bertz CT molecular complexity index is 1110. The summed E-state index contributed by atoms with van der Waals surface area (Å²) in [7, 11) is -1.52. The molecule has 0 amide bonds. The van der Waals surface area contributed by atoms with Crippen molar-refractivity contribution in [1.82, 2.24) is 14.6 Å². The number of nitrogens with zero attached hydrogens (tertiary/aromatic N) is 4. The molecule has 15 heteroatoms. The quantitative estimate of drug-likeness (QED) is 0.383. The van der Waals surface area contributed by atoms with Crippen molar-refractivity contribution in [3.05, 3.63) is 24.2 Å². The van der Waals surface area contributed by atoms with Crippen molar-refractivity contribution in [1.29, 1.82) is 5.26 Å². The molecule has 0 aromatic carbocycles. The first-order valence-electron chi connectivity index (χ1n) is 10.4. The van der Waals surface area contributed by atoms with Crippen LogP contribution in [0.4, 0.5) is 5.82 Å². The van der Waals surface area contributed by atoms with E-state index in [1.165, 1.54) is 18.0 Å². The maximum Gasteiger partial charge on any atom is 0.474 e. The van der Waals surface area contributed by atoms with Crippen molar-refractivity contribution in [2.75, 3.05) is 39.8 Å². The molecule has 2 aromatic rings. The molecule has 4 rings (SSSR count). The molecule has 186 valence electrons. The highest BCUT2D eigenvalue weighted by Crippen LogP contribution is 2.50. The summed E-state index contributed by atoms with van der Waals surface area (Å²) in [4.78, 5) is 3.91. The number of methoxy groups -OCH3 is 1. The number of aromatic nitrogens is 3. The predicted molar refractivity (Wildman–Crippen MR) is 113 cm³/mol. The number of nitrogens with two attached hydrogens (primary N) is 1. The Balaban J connectivity index is 1.42. The van der Waals surface area contributed by atoms with E-state index >= 15 is 0 Å². The van der Waals surface area contributed by atoms with Crippen LogP contribution in [-0.2, 0) is 37.9 Å². The summed E-state index contributed by atoms with van der Waals surface area (Å²) < 4.78 is 46.2. The summed E-state index contributed by atoms with van der Waals surface area (Å²) >= 11 is 0. The zero-order valence-corrected chi connectivity index (χ0v) is 19.4. The van der Waals surface area contributed by atoms with Gasteiger partial charge in [-0.25, -0.2) is 14.1 Å². The number of hydrogen-bond acceptors (Lipinski definition) is 13. The average Bonchev–Trinajstić information content (AvgIpc) is 3.52. The van der Waals surface area contributed by atoms with Crippen LogP contribution in [-0.4, -0.2) is 89.4 Å². The third kappa shape index (κ3) is 4.55. The zero-order valence-electron chi connectivity index (χ0n) is 18.5. The topological polar surface area (TPSA) is 193 Å². The molecule has 2 fully saturated rings. The van der Waals surface area contributed by atoms with E-state index in [4.69, 9.17) is 33.5 Å². The number of fused-ring (bicyclic) bond motifs is 1. The number of hydrogen-bond donors (Lipinski definition) is 3. The molecule has 7 atom stereocenters. The second-order valence-electron chi connectivity index (χ2n) is 7.89. The monoisotopic (exact) mass is 499 g/mol. The minimum absolute atomic E-state index is 0.0911. The molecule has 2 saturated heterocycles. The van der Waals surface area contributed by atoms with Crippen molar-refractivity contribution in [2.24, 2.45) is 0 Å². The number of anilines is 1. The first kappa shape index (κ1) is 24.9. The molecule has 2 aliphatic rings. The second kappa shape index (κ2) is 9.82. The number of aliphatic hydroxyl groups is 2. The lowest BCUT2D eigenvalue weighted by Gasteiger charge is -2.23. The van der Waals surface area contributed by atoms with E-state index in [9.17, 15) is 20.0 Å². The maximum absolute atomic E-state index is 12.9. The summed E-state index contributed by atoms with van der Waals surface area (Å²) in [6.07, 6.45) is -3.28. The number of aliphatic hydroxyl groups excluding tert-OH is 2. The van der Waals surface area contributed by atoms with Crippen molar-refractivity contribution >= 4 is 19.2 Å². The van der Waals surface area contributed by atoms with Gasteiger partial charge in [0.1, 0.15) is 42.3 Å². The molecular weight excluding hydrogens is 473 g/mol. The van der Waals surface area contributed by atoms with Gasteiger partial charge in [-0.3, -0.25) is 13.6 Å². The van der Waals surface area contributed by atoms with Gasteiger partial charge in [0, 0.05) is 20.6 Å². The summed E-state index contributed by atoms with van der Waals surface area (Å²) in [5.74, 6) is 0.221. The van der Waals surface area contributed by atoms with Crippen LogP contribution >= 0.6 is 7.82 Å². The summed E-state index contributed by atoms with van der Waals surface area (Å²) in [6.45, 7) is -0.516. The molecule has 0 bridgehead atoms. The number of phosphoric acid groups is 1. The highest BCUT2D eigenvalue weighted by molar-refractivity contribution is 7.48. The maximum atomic E-state index is 12.9. The predicted octanol–water partition coefficient (Wildman–Crippen LogP) is -0.257. The molecule has 4 heterocycles. The highest BCUT2D eigenvalue weighted by Gasteiger charge is 2.50. The summed E-state index contributed by atoms with van der Waals surface area (Å²) in [5, 5.41) is 34.8. The van der Waals surface area contributed by atoms with E-state index < -0.39 is 50.6 Å². The molecule has 4 N–H and O–H groups in total. The van der Waals surface area contributed by atoms with Crippen LogP contribution in [0.3, 0.4) is 0 Å². The molecule has 0 aliphatic carbocycles. The fourth-order valence-corrected chi connectivity index (χ4v) is 4.93. The lowest BCUT2D eigenvalue weighted by Crippen LogP contribution is -2.34. The van der Waals surface area contributed by atoms with E-state index in [0.29, 0.717) is 11.2 Å². The molecule has 0 spiro atoms. The molecule has 14 nitrogen and oxygen atoms in total. The fraction of sp³-hybridized carbons (Fsp3) is 0.632. The van der Waals surface area contributed by atoms with Gasteiger partial charge >= 0.3 is 7.82 Å². The van der Waals surface area contributed by atoms with E-state index in [1.54, 1.807) is 12.1 Å². The standard InChI is InChI=1S/C19H26N5O9P/c1-28-14-6-30-15(17(14)26)8-32-34(27,29-2)31-7-13-12(25)5-19(9-20,33-13)16-4-3-11-18(21)22-10-23-24(11)16/h3-4,10,12-15,17,25-26H,5-8H2,1-2H3,(H2,21,22,23)/t12-,13+,14-,15+,17-,19-,34?/m0/s1. The van der Waals surface area contributed by atoms with Gasteiger partial charge in [-0.05, 0) is 12.1 Å². The van der Waals surface area contributed by atoms with Gasteiger partial charge in [0.2, 0.25) is 0 Å².